The third-order valence-electron chi connectivity index (χ3n) is 2.37. The van der Waals surface area contributed by atoms with Crippen LogP contribution in [0, 0.1) is 0 Å². The predicted molar refractivity (Wildman–Crippen MR) is 77.9 cm³/mol. The van der Waals surface area contributed by atoms with Gasteiger partial charge in [-0.3, -0.25) is 0 Å². The Labute approximate surface area is 121 Å². The minimum atomic E-state index is -3.36. The van der Waals surface area contributed by atoms with Crippen LogP contribution in [0.2, 0.25) is 10.0 Å². The smallest absolute Gasteiger partial charge is 0.236 e. The highest BCUT2D eigenvalue weighted by Gasteiger charge is 2.09. The second-order valence-corrected chi connectivity index (χ2v) is 6.55. The van der Waals surface area contributed by atoms with E-state index in [4.69, 9.17) is 23.2 Å². The molecule has 2 rings (SSSR count). The molecule has 2 aromatic rings. The molecule has 1 aromatic carbocycles. The van der Waals surface area contributed by atoms with E-state index >= 15 is 0 Å². The molecule has 0 aliphatic heterocycles. The molecule has 100 valence electrons. The molecule has 0 amide bonds. The second kappa shape index (κ2) is 5.36. The van der Waals surface area contributed by atoms with E-state index in [2.05, 4.69) is 4.98 Å². The summed E-state index contributed by atoms with van der Waals surface area (Å²) in [6.45, 7) is 0. The van der Waals surface area contributed by atoms with Crippen LogP contribution in [0.4, 0.5) is 0 Å². The zero-order valence-electron chi connectivity index (χ0n) is 9.92. The van der Waals surface area contributed by atoms with Gasteiger partial charge in [0.25, 0.3) is 0 Å². The van der Waals surface area contributed by atoms with Crippen LogP contribution in [0.5, 0.6) is 0 Å². The maximum Gasteiger partial charge on any atom is 0.237 e. The van der Waals surface area contributed by atoms with Crippen molar-refractivity contribution in [2.75, 3.05) is 6.26 Å². The normalized spacial score (nSPS) is 12.2. The number of benzene rings is 1. The Bertz CT molecular complexity index is 736. The Balaban J connectivity index is 2.36. The van der Waals surface area contributed by atoms with E-state index in [-0.39, 0.29) is 0 Å². The first kappa shape index (κ1) is 14.1. The number of rotatable bonds is 3. The van der Waals surface area contributed by atoms with Crippen molar-refractivity contribution in [3.05, 3.63) is 52.0 Å². The highest BCUT2D eigenvalue weighted by Crippen LogP contribution is 2.22. The molecular weight excluding hydrogens is 307 g/mol. The van der Waals surface area contributed by atoms with Crippen molar-refractivity contribution in [1.29, 1.82) is 0 Å². The SMILES string of the molecule is CS(=O)(=O)n1ccnc1/C=C/c1ccc(Cl)cc1Cl. The maximum absolute atomic E-state index is 11.5. The highest BCUT2D eigenvalue weighted by atomic mass is 35.5. The summed E-state index contributed by atoms with van der Waals surface area (Å²) in [6, 6.07) is 5.07. The average molecular weight is 317 g/mol. The Morgan fingerprint density at radius 2 is 2.00 bits per heavy atom. The van der Waals surface area contributed by atoms with Crippen molar-refractivity contribution in [1.82, 2.24) is 8.96 Å². The molecule has 0 saturated carbocycles. The molecule has 1 aromatic heterocycles. The maximum atomic E-state index is 11.5. The van der Waals surface area contributed by atoms with E-state index in [0.717, 1.165) is 15.8 Å². The number of halogens is 2. The average Bonchev–Trinajstić information content (AvgIpc) is 2.75. The Morgan fingerprint density at radius 1 is 1.26 bits per heavy atom. The molecular formula is C12H10Cl2N2O2S. The van der Waals surface area contributed by atoms with Crippen LogP contribution >= 0.6 is 23.2 Å². The molecule has 1 heterocycles. The molecule has 0 aliphatic rings. The van der Waals surface area contributed by atoms with E-state index in [0.29, 0.717) is 15.9 Å². The van der Waals surface area contributed by atoms with Crippen LogP contribution in [0.15, 0.2) is 30.6 Å². The Kier molecular flexibility index (Phi) is 3.99. The van der Waals surface area contributed by atoms with E-state index in [1.165, 1.54) is 12.4 Å². The fraction of sp³-hybridized carbons (Fsp3) is 0.0833. The first-order valence-corrected chi connectivity index (χ1v) is 7.85. The number of hydrogen-bond acceptors (Lipinski definition) is 3. The van der Waals surface area contributed by atoms with Gasteiger partial charge in [-0.15, -0.1) is 0 Å². The van der Waals surface area contributed by atoms with Crippen LogP contribution in [0.3, 0.4) is 0 Å². The minimum Gasteiger partial charge on any atom is -0.236 e. The third kappa shape index (κ3) is 3.37. The van der Waals surface area contributed by atoms with Crippen molar-refractivity contribution in [3.63, 3.8) is 0 Å². The fourth-order valence-corrected chi connectivity index (χ4v) is 2.70. The molecule has 0 bridgehead atoms. The third-order valence-corrected chi connectivity index (χ3v) is 3.95. The Hall–Kier alpha value is -1.30. The molecule has 0 N–H and O–H groups in total. The lowest BCUT2D eigenvalue weighted by Gasteiger charge is -2.01. The van der Waals surface area contributed by atoms with Gasteiger partial charge in [-0.25, -0.2) is 17.4 Å². The predicted octanol–water partition coefficient (Wildman–Crippen LogP) is 3.17. The lowest BCUT2D eigenvalue weighted by molar-refractivity contribution is 0.593. The van der Waals surface area contributed by atoms with Crippen LogP contribution in [0.1, 0.15) is 11.4 Å². The van der Waals surface area contributed by atoms with Crippen LogP contribution in [0.25, 0.3) is 12.2 Å². The topological polar surface area (TPSA) is 52.0 Å². The van der Waals surface area contributed by atoms with Gasteiger partial charge in [-0.2, -0.15) is 0 Å². The molecule has 0 unspecified atom stereocenters. The number of imidazole rings is 1. The van der Waals surface area contributed by atoms with Gasteiger partial charge in [-0.05, 0) is 29.8 Å². The van der Waals surface area contributed by atoms with Gasteiger partial charge >= 0.3 is 0 Å². The summed E-state index contributed by atoms with van der Waals surface area (Å²) in [5, 5.41) is 1.03. The first-order chi connectivity index (χ1) is 8.88. The van der Waals surface area contributed by atoms with Crippen molar-refractivity contribution in [3.8, 4) is 0 Å². The van der Waals surface area contributed by atoms with Gasteiger partial charge in [0.2, 0.25) is 10.0 Å². The molecule has 7 heteroatoms. The second-order valence-electron chi connectivity index (χ2n) is 3.84. The Morgan fingerprint density at radius 3 is 2.63 bits per heavy atom. The molecule has 4 nitrogen and oxygen atoms in total. The summed E-state index contributed by atoms with van der Waals surface area (Å²) in [7, 11) is -3.36. The number of hydrogen-bond donors (Lipinski definition) is 0. The van der Waals surface area contributed by atoms with Gasteiger partial charge < -0.3 is 0 Å². The lowest BCUT2D eigenvalue weighted by atomic mass is 10.2. The first-order valence-electron chi connectivity index (χ1n) is 5.25. The van der Waals surface area contributed by atoms with Gasteiger partial charge in [0.15, 0.2) is 0 Å². The summed E-state index contributed by atoms with van der Waals surface area (Å²) in [6.07, 6.45) is 7.18. The molecule has 0 radical (unpaired) electrons. The monoisotopic (exact) mass is 316 g/mol. The molecule has 0 fully saturated rings. The van der Waals surface area contributed by atoms with Gasteiger partial charge in [0, 0.05) is 22.4 Å². The van der Waals surface area contributed by atoms with Gasteiger partial charge in [0.1, 0.15) is 5.82 Å². The van der Waals surface area contributed by atoms with Crippen LogP contribution < -0.4 is 0 Å². The zero-order chi connectivity index (χ0) is 14.0. The van der Waals surface area contributed by atoms with Crippen molar-refractivity contribution in [2.24, 2.45) is 0 Å². The highest BCUT2D eigenvalue weighted by molar-refractivity contribution is 7.89. The largest absolute Gasteiger partial charge is 0.237 e. The van der Waals surface area contributed by atoms with Crippen molar-refractivity contribution in [2.45, 2.75) is 0 Å². The molecule has 0 atom stereocenters. The number of aromatic nitrogens is 2. The van der Waals surface area contributed by atoms with Crippen LogP contribution in [-0.4, -0.2) is 23.6 Å². The van der Waals surface area contributed by atoms with E-state index < -0.39 is 10.0 Å². The standard InChI is InChI=1S/C12H10Cl2N2O2S/c1-19(17,18)16-7-6-15-12(16)5-3-9-2-4-10(13)8-11(9)14/h2-8H,1H3/b5-3+. The van der Waals surface area contributed by atoms with Crippen molar-refractivity contribution < 1.29 is 8.42 Å². The van der Waals surface area contributed by atoms with Gasteiger partial charge in [0.05, 0.1) is 6.26 Å². The van der Waals surface area contributed by atoms with E-state index in [1.54, 1.807) is 30.4 Å². The van der Waals surface area contributed by atoms with Crippen molar-refractivity contribution >= 4 is 45.4 Å². The van der Waals surface area contributed by atoms with Gasteiger partial charge in [-0.1, -0.05) is 29.3 Å². The summed E-state index contributed by atoms with van der Waals surface area (Å²) in [5.74, 6) is 0.313. The van der Waals surface area contributed by atoms with Crippen LogP contribution in [-0.2, 0) is 10.0 Å². The zero-order valence-corrected chi connectivity index (χ0v) is 12.2. The van der Waals surface area contributed by atoms with E-state index in [9.17, 15) is 8.42 Å². The summed E-state index contributed by atoms with van der Waals surface area (Å²) in [5.41, 5.74) is 0.731. The quantitative estimate of drug-likeness (QED) is 0.874. The summed E-state index contributed by atoms with van der Waals surface area (Å²) >= 11 is 11.8. The number of nitrogens with zero attached hydrogens (tertiary/aromatic N) is 2. The molecule has 0 saturated heterocycles. The minimum absolute atomic E-state index is 0.313. The summed E-state index contributed by atoms with van der Waals surface area (Å²) < 4.78 is 24.1. The molecule has 19 heavy (non-hydrogen) atoms. The molecule has 0 spiro atoms. The lowest BCUT2D eigenvalue weighted by Crippen LogP contribution is -2.10. The summed E-state index contributed by atoms with van der Waals surface area (Å²) in [4.78, 5) is 3.97. The molecule has 0 aliphatic carbocycles. The van der Waals surface area contributed by atoms with E-state index in [1.807, 2.05) is 0 Å². The fourth-order valence-electron chi connectivity index (χ4n) is 1.50.